The maximum atomic E-state index is 12.9. The van der Waals surface area contributed by atoms with E-state index < -0.39 is 10.0 Å². The van der Waals surface area contributed by atoms with Crippen molar-refractivity contribution < 1.29 is 8.42 Å². The summed E-state index contributed by atoms with van der Waals surface area (Å²) in [5.41, 5.74) is 0.451. The summed E-state index contributed by atoms with van der Waals surface area (Å²) in [6.45, 7) is 7.62. The second kappa shape index (κ2) is 6.75. The highest BCUT2D eigenvalue weighted by Crippen LogP contribution is 2.30. The minimum atomic E-state index is -3.54. The van der Waals surface area contributed by atoms with Gasteiger partial charge in [-0.25, -0.2) is 18.3 Å². The molecule has 10 heteroatoms. The minimum Gasteiger partial charge on any atom is -0.279 e. The van der Waals surface area contributed by atoms with Gasteiger partial charge in [0.25, 0.3) is 0 Å². The van der Waals surface area contributed by atoms with Crippen LogP contribution in [0.5, 0.6) is 0 Å². The molecule has 25 heavy (non-hydrogen) atoms. The molecular weight excluding hydrogens is 344 g/mol. The van der Waals surface area contributed by atoms with Crippen LogP contribution >= 0.6 is 0 Å². The molecule has 1 saturated heterocycles. The van der Waals surface area contributed by atoms with E-state index in [1.165, 1.54) is 10.5 Å². The van der Waals surface area contributed by atoms with E-state index in [-0.39, 0.29) is 16.5 Å². The van der Waals surface area contributed by atoms with Crippen molar-refractivity contribution >= 4 is 10.0 Å². The SMILES string of the molecule is CCn1ncc(S(=O)(=O)N2CCC(c3n[nH]c(=O)n3CC)CC2)c1C. The Morgan fingerprint density at radius 1 is 1.24 bits per heavy atom. The summed E-state index contributed by atoms with van der Waals surface area (Å²) < 4.78 is 30.6. The van der Waals surface area contributed by atoms with Gasteiger partial charge >= 0.3 is 5.69 Å². The molecule has 2 aromatic rings. The van der Waals surface area contributed by atoms with Crippen LogP contribution in [0.25, 0.3) is 0 Å². The third-order valence-corrected chi connectivity index (χ3v) is 6.90. The first-order valence-electron chi connectivity index (χ1n) is 8.57. The molecule has 0 atom stereocenters. The van der Waals surface area contributed by atoms with Gasteiger partial charge in [0.1, 0.15) is 10.7 Å². The lowest BCUT2D eigenvalue weighted by Crippen LogP contribution is -2.38. The molecule has 0 radical (unpaired) electrons. The zero-order valence-electron chi connectivity index (χ0n) is 14.8. The number of nitrogens with zero attached hydrogens (tertiary/aromatic N) is 5. The number of rotatable bonds is 5. The second-order valence-electron chi connectivity index (χ2n) is 6.22. The summed E-state index contributed by atoms with van der Waals surface area (Å²) in [4.78, 5) is 12.0. The van der Waals surface area contributed by atoms with Gasteiger partial charge in [-0.15, -0.1) is 0 Å². The van der Waals surface area contributed by atoms with E-state index in [4.69, 9.17) is 0 Å². The highest BCUT2D eigenvalue weighted by atomic mass is 32.2. The van der Waals surface area contributed by atoms with Crippen molar-refractivity contribution in [2.24, 2.45) is 0 Å². The molecule has 0 unspecified atom stereocenters. The molecule has 3 heterocycles. The molecule has 2 aromatic heterocycles. The van der Waals surface area contributed by atoms with Crippen LogP contribution in [0.4, 0.5) is 0 Å². The Kier molecular flexibility index (Phi) is 4.83. The fourth-order valence-electron chi connectivity index (χ4n) is 3.44. The third-order valence-electron chi connectivity index (χ3n) is 4.90. The fraction of sp³-hybridized carbons (Fsp3) is 0.667. The van der Waals surface area contributed by atoms with Gasteiger partial charge in [0.05, 0.1) is 11.9 Å². The topological polar surface area (TPSA) is 106 Å². The van der Waals surface area contributed by atoms with Crippen molar-refractivity contribution in [1.29, 1.82) is 0 Å². The molecule has 0 saturated carbocycles. The summed E-state index contributed by atoms with van der Waals surface area (Å²) in [6, 6.07) is 0. The van der Waals surface area contributed by atoms with Crippen LogP contribution in [0.3, 0.4) is 0 Å². The molecule has 1 N–H and O–H groups in total. The van der Waals surface area contributed by atoms with Crippen molar-refractivity contribution in [2.45, 2.75) is 57.5 Å². The zero-order valence-corrected chi connectivity index (χ0v) is 15.6. The van der Waals surface area contributed by atoms with Crippen LogP contribution in [0.2, 0.25) is 0 Å². The Morgan fingerprint density at radius 2 is 1.92 bits per heavy atom. The van der Waals surface area contributed by atoms with Crippen molar-refractivity contribution in [1.82, 2.24) is 28.9 Å². The first-order valence-corrected chi connectivity index (χ1v) is 10.0. The minimum absolute atomic E-state index is 0.0878. The van der Waals surface area contributed by atoms with Gasteiger partial charge in [-0.2, -0.15) is 14.5 Å². The van der Waals surface area contributed by atoms with E-state index in [1.807, 2.05) is 13.8 Å². The number of H-pyrrole nitrogens is 1. The number of hydrogen-bond acceptors (Lipinski definition) is 5. The van der Waals surface area contributed by atoms with Gasteiger partial charge in [0.15, 0.2) is 0 Å². The lowest BCUT2D eigenvalue weighted by atomic mass is 9.97. The zero-order chi connectivity index (χ0) is 18.2. The average molecular weight is 368 g/mol. The standard InChI is InChI=1S/C15H24N6O3S/c1-4-20-14(17-18-15(20)22)12-6-8-19(9-7-12)25(23,24)13-10-16-21(5-2)11(13)3/h10,12H,4-9H2,1-3H3,(H,18,22). The number of piperidine rings is 1. The molecule has 0 spiro atoms. The molecule has 3 rings (SSSR count). The predicted molar refractivity (Wildman–Crippen MR) is 91.9 cm³/mol. The lowest BCUT2D eigenvalue weighted by Gasteiger charge is -2.30. The van der Waals surface area contributed by atoms with Gasteiger partial charge in [-0.05, 0) is 33.6 Å². The van der Waals surface area contributed by atoms with E-state index >= 15 is 0 Å². The summed E-state index contributed by atoms with van der Waals surface area (Å²) in [6.07, 6.45) is 2.72. The first-order chi connectivity index (χ1) is 11.9. The summed E-state index contributed by atoms with van der Waals surface area (Å²) in [5, 5.41) is 10.8. The van der Waals surface area contributed by atoms with Gasteiger partial charge in [0.2, 0.25) is 10.0 Å². The quantitative estimate of drug-likeness (QED) is 0.835. The lowest BCUT2D eigenvalue weighted by molar-refractivity contribution is 0.309. The maximum Gasteiger partial charge on any atom is 0.343 e. The smallest absolute Gasteiger partial charge is 0.279 e. The van der Waals surface area contributed by atoms with Crippen LogP contribution in [-0.4, -0.2) is 50.4 Å². The molecule has 0 aliphatic carbocycles. The van der Waals surface area contributed by atoms with E-state index in [1.54, 1.807) is 16.2 Å². The van der Waals surface area contributed by atoms with Gasteiger partial charge in [-0.3, -0.25) is 9.25 Å². The van der Waals surface area contributed by atoms with Gasteiger partial charge in [0, 0.05) is 32.1 Å². The van der Waals surface area contributed by atoms with E-state index in [2.05, 4.69) is 15.3 Å². The van der Waals surface area contributed by atoms with Gasteiger partial charge in [-0.1, -0.05) is 0 Å². The van der Waals surface area contributed by atoms with E-state index in [0.29, 0.717) is 44.7 Å². The molecule has 1 aliphatic heterocycles. The largest absolute Gasteiger partial charge is 0.343 e. The van der Waals surface area contributed by atoms with Crippen molar-refractivity contribution in [3.05, 3.63) is 28.2 Å². The number of hydrogen-bond donors (Lipinski definition) is 1. The number of nitrogens with one attached hydrogen (secondary N) is 1. The van der Waals surface area contributed by atoms with Gasteiger partial charge < -0.3 is 0 Å². The number of aromatic nitrogens is 5. The van der Waals surface area contributed by atoms with Crippen molar-refractivity contribution in [3.8, 4) is 0 Å². The van der Waals surface area contributed by atoms with Crippen LogP contribution in [0.1, 0.15) is 44.1 Å². The van der Waals surface area contributed by atoms with Crippen LogP contribution in [-0.2, 0) is 23.1 Å². The Morgan fingerprint density at radius 3 is 2.48 bits per heavy atom. The molecule has 1 fully saturated rings. The highest BCUT2D eigenvalue weighted by molar-refractivity contribution is 7.89. The summed E-state index contributed by atoms with van der Waals surface area (Å²) >= 11 is 0. The average Bonchev–Trinajstić information content (AvgIpc) is 3.17. The van der Waals surface area contributed by atoms with E-state index in [0.717, 1.165) is 5.82 Å². The molecule has 0 aromatic carbocycles. The van der Waals surface area contributed by atoms with Crippen LogP contribution < -0.4 is 5.69 Å². The summed E-state index contributed by atoms with van der Waals surface area (Å²) in [5.74, 6) is 0.810. The number of aryl methyl sites for hydroxylation is 1. The monoisotopic (exact) mass is 368 g/mol. The Balaban J connectivity index is 1.77. The predicted octanol–water partition coefficient (Wildman–Crippen LogP) is 0.684. The maximum absolute atomic E-state index is 12.9. The normalized spacial score (nSPS) is 17.2. The number of aromatic amines is 1. The fourth-order valence-corrected chi connectivity index (χ4v) is 5.07. The first kappa shape index (κ1) is 17.9. The Bertz CT molecular complexity index is 902. The Hall–Kier alpha value is -1.94. The van der Waals surface area contributed by atoms with Crippen LogP contribution in [0.15, 0.2) is 15.9 Å². The van der Waals surface area contributed by atoms with Crippen LogP contribution in [0, 0.1) is 6.92 Å². The van der Waals surface area contributed by atoms with E-state index in [9.17, 15) is 13.2 Å². The molecule has 0 amide bonds. The van der Waals surface area contributed by atoms with Crippen molar-refractivity contribution in [2.75, 3.05) is 13.1 Å². The molecule has 0 bridgehead atoms. The molecule has 9 nitrogen and oxygen atoms in total. The molecule has 1 aliphatic rings. The Labute approximate surface area is 146 Å². The highest BCUT2D eigenvalue weighted by Gasteiger charge is 2.33. The third kappa shape index (κ3) is 3.04. The summed E-state index contributed by atoms with van der Waals surface area (Å²) in [7, 11) is -3.54. The second-order valence-corrected chi connectivity index (χ2v) is 8.13. The number of sulfonamides is 1. The molecule has 138 valence electrons. The van der Waals surface area contributed by atoms with Crippen molar-refractivity contribution in [3.63, 3.8) is 0 Å². The molecular formula is C15H24N6O3S.